The lowest BCUT2D eigenvalue weighted by molar-refractivity contribution is -0.388. The standard InChI is InChI=1S/C26H45NO18/c1-6-12(30)15(33)18(36)24(39-6)43-20-10(5-28)42-23(38)11(27-9(4)29)21(20)44-26-22(17(35)14(32)8(3)41-26)45-25-19(37)16(34)13(31)7(2)40-25/h6-8,10-26,28,30-38H,5H2,1-4H3,(H,27,29)/t6-,7-,8+,10+,11+,12+,13+,14-,15+,16+,17-,18-,19-,20+,21+,22+,23+,24-,25-,26-/m0/s1. The van der Waals surface area contributed by atoms with Crippen LogP contribution in [0.25, 0.3) is 0 Å². The van der Waals surface area contributed by atoms with Crippen LogP contribution in [0.1, 0.15) is 27.7 Å². The SMILES string of the molecule is CC(=O)N[C@@H]1[C@@H](O[C@@H]2O[C@H](C)[C@H](O)[C@H](O)[C@H]2O[C@@H]2O[C@@H](C)[C@@H](O)[C@@H](O)[C@@H]2O)[C@H](O[C@@H]2O[C@@H](C)[C@@H](O)[C@@H](O)[C@@H]2O)[C@@H](CO)O[C@H]1O. The second kappa shape index (κ2) is 14.9. The van der Waals surface area contributed by atoms with Gasteiger partial charge in [0.25, 0.3) is 0 Å². The molecule has 0 aromatic carbocycles. The predicted molar refractivity (Wildman–Crippen MR) is 141 cm³/mol. The van der Waals surface area contributed by atoms with Crippen LogP contribution < -0.4 is 5.32 Å². The van der Waals surface area contributed by atoms with Gasteiger partial charge in [-0.15, -0.1) is 0 Å². The summed E-state index contributed by atoms with van der Waals surface area (Å²) in [5, 5.41) is 107. The Kier molecular flexibility index (Phi) is 12.1. The Morgan fingerprint density at radius 3 is 1.47 bits per heavy atom. The van der Waals surface area contributed by atoms with Gasteiger partial charge in [-0.1, -0.05) is 0 Å². The van der Waals surface area contributed by atoms with Gasteiger partial charge in [-0.05, 0) is 20.8 Å². The first-order chi connectivity index (χ1) is 21.1. The third-order valence-electron chi connectivity index (χ3n) is 8.49. The molecule has 4 aliphatic heterocycles. The molecule has 4 fully saturated rings. The molecule has 0 radical (unpaired) electrons. The minimum atomic E-state index is -1.82. The number of rotatable bonds is 8. The Hall–Kier alpha value is -1.21. The maximum atomic E-state index is 12.1. The molecule has 4 rings (SSSR count). The van der Waals surface area contributed by atoms with E-state index in [0.717, 1.165) is 6.92 Å². The second-order valence-electron chi connectivity index (χ2n) is 11.8. The summed E-state index contributed by atoms with van der Waals surface area (Å²) < 4.78 is 40.1. The van der Waals surface area contributed by atoms with E-state index < -0.39 is 135 Å². The average Bonchev–Trinajstić information content (AvgIpc) is 2.99. The number of carbonyl (C=O) groups is 1. The monoisotopic (exact) mass is 659 g/mol. The molecule has 0 aromatic heterocycles. The van der Waals surface area contributed by atoms with Crippen molar-refractivity contribution in [1.82, 2.24) is 5.32 Å². The van der Waals surface area contributed by atoms with Gasteiger partial charge in [0, 0.05) is 6.92 Å². The van der Waals surface area contributed by atoms with E-state index in [2.05, 4.69) is 5.32 Å². The Morgan fingerprint density at radius 2 is 1.00 bits per heavy atom. The fraction of sp³-hybridized carbons (Fsp3) is 0.962. The predicted octanol–water partition coefficient (Wildman–Crippen LogP) is -6.52. The molecule has 0 saturated carbocycles. The van der Waals surface area contributed by atoms with E-state index in [1.165, 1.54) is 20.8 Å². The van der Waals surface area contributed by atoms with Gasteiger partial charge < -0.3 is 89.5 Å². The summed E-state index contributed by atoms with van der Waals surface area (Å²) >= 11 is 0. The minimum absolute atomic E-state index is 0.667. The van der Waals surface area contributed by atoms with Crippen LogP contribution in [0.4, 0.5) is 0 Å². The number of aliphatic hydroxyl groups excluding tert-OH is 10. The number of ether oxygens (including phenoxy) is 7. The molecule has 20 atom stereocenters. The molecule has 19 nitrogen and oxygen atoms in total. The Labute approximate surface area is 257 Å². The van der Waals surface area contributed by atoms with Crippen molar-refractivity contribution in [3.8, 4) is 0 Å². The lowest BCUT2D eigenvalue weighted by Gasteiger charge is -2.50. The average molecular weight is 660 g/mol. The van der Waals surface area contributed by atoms with E-state index in [1.54, 1.807) is 0 Å². The fourth-order valence-electron chi connectivity index (χ4n) is 5.75. The number of hydrogen-bond donors (Lipinski definition) is 11. The molecule has 4 saturated heterocycles. The van der Waals surface area contributed by atoms with Gasteiger partial charge in [-0.2, -0.15) is 0 Å². The van der Waals surface area contributed by atoms with E-state index in [4.69, 9.17) is 33.2 Å². The second-order valence-corrected chi connectivity index (χ2v) is 11.8. The molecule has 19 heteroatoms. The molecular weight excluding hydrogens is 614 g/mol. The largest absolute Gasteiger partial charge is 0.394 e. The Balaban J connectivity index is 1.67. The van der Waals surface area contributed by atoms with Gasteiger partial charge in [-0.25, -0.2) is 0 Å². The summed E-state index contributed by atoms with van der Waals surface area (Å²) in [5.74, 6) is -0.667. The van der Waals surface area contributed by atoms with Crippen LogP contribution in [0, 0.1) is 0 Å². The lowest BCUT2D eigenvalue weighted by atomic mass is 9.94. The van der Waals surface area contributed by atoms with Crippen LogP contribution in [-0.4, -0.2) is 186 Å². The molecule has 4 heterocycles. The van der Waals surface area contributed by atoms with Gasteiger partial charge in [0.05, 0.1) is 24.9 Å². The number of amides is 1. The molecule has 1 amide bonds. The fourth-order valence-corrected chi connectivity index (χ4v) is 5.75. The third-order valence-corrected chi connectivity index (χ3v) is 8.49. The van der Waals surface area contributed by atoms with Crippen LogP contribution in [0.2, 0.25) is 0 Å². The summed E-state index contributed by atoms with van der Waals surface area (Å²) in [4.78, 5) is 12.1. The maximum absolute atomic E-state index is 12.1. The first-order valence-corrected chi connectivity index (χ1v) is 14.7. The maximum Gasteiger partial charge on any atom is 0.217 e. The highest BCUT2D eigenvalue weighted by Crippen LogP contribution is 2.35. The molecule has 0 spiro atoms. The van der Waals surface area contributed by atoms with Gasteiger partial charge in [0.2, 0.25) is 5.91 Å². The zero-order valence-electron chi connectivity index (χ0n) is 25.0. The molecule has 262 valence electrons. The van der Waals surface area contributed by atoms with E-state index >= 15 is 0 Å². The zero-order valence-corrected chi connectivity index (χ0v) is 25.0. The summed E-state index contributed by atoms with van der Waals surface area (Å²) in [6.45, 7) is 4.51. The molecule has 11 N–H and O–H groups in total. The van der Waals surface area contributed by atoms with Crippen molar-refractivity contribution < 1.29 is 89.0 Å². The number of aliphatic hydroxyl groups is 10. The van der Waals surface area contributed by atoms with E-state index in [9.17, 15) is 55.9 Å². The summed E-state index contributed by atoms with van der Waals surface area (Å²) in [6, 6.07) is -1.47. The van der Waals surface area contributed by atoms with Crippen molar-refractivity contribution in [3.05, 3.63) is 0 Å². The lowest BCUT2D eigenvalue weighted by Crippen LogP contribution is -2.69. The smallest absolute Gasteiger partial charge is 0.217 e. The molecule has 0 aromatic rings. The summed E-state index contributed by atoms with van der Waals surface area (Å²) in [6.07, 6.45) is -29.5. The number of nitrogens with one attached hydrogen (secondary N) is 1. The van der Waals surface area contributed by atoms with Crippen molar-refractivity contribution in [2.45, 2.75) is 150 Å². The molecule has 4 aliphatic rings. The zero-order chi connectivity index (χ0) is 33.5. The third kappa shape index (κ3) is 7.60. The minimum Gasteiger partial charge on any atom is -0.394 e. The van der Waals surface area contributed by atoms with E-state index in [1.807, 2.05) is 0 Å². The molecule has 0 bridgehead atoms. The van der Waals surface area contributed by atoms with Crippen molar-refractivity contribution in [1.29, 1.82) is 0 Å². The summed E-state index contributed by atoms with van der Waals surface area (Å²) in [7, 11) is 0. The van der Waals surface area contributed by atoms with Crippen LogP contribution in [0.15, 0.2) is 0 Å². The van der Waals surface area contributed by atoms with Crippen LogP contribution in [-0.2, 0) is 38.0 Å². The Bertz CT molecular complexity index is 980. The number of carbonyl (C=O) groups excluding carboxylic acids is 1. The van der Waals surface area contributed by atoms with Crippen LogP contribution in [0.3, 0.4) is 0 Å². The Morgan fingerprint density at radius 1 is 0.578 bits per heavy atom. The van der Waals surface area contributed by atoms with Crippen LogP contribution >= 0.6 is 0 Å². The van der Waals surface area contributed by atoms with Crippen molar-refractivity contribution in [2.24, 2.45) is 0 Å². The van der Waals surface area contributed by atoms with Gasteiger partial charge in [-0.3, -0.25) is 4.79 Å². The highest BCUT2D eigenvalue weighted by atomic mass is 16.8. The summed E-state index contributed by atoms with van der Waals surface area (Å²) in [5.41, 5.74) is 0. The van der Waals surface area contributed by atoms with E-state index in [-0.39, 0.29) is 0 Å². The van der Waals surface area contributed by atoms with E-state index in [0.29, 0.717) is 0 Å². The van der Waals surface area contributed by atoms with Gasteiger partial charge >= 0.3 is 0 Å². The molecule has 45 heavy (non-hydrogen) atoms. The van der Waals surface area contributed by atoms with Gasteiger partial charge in [0.1, 0.15) is 79.3 Å². The first-order valence-electron chi connectivity index (χ1n) is 14.7. The topological polar surface area (TPSA) is 296 Å². The molecular formula is C26H45NO18. The number of hydrogen-bond acceptors (Lipinski definition) is 18. The molecule has 0 unspecified atom stereocenters. The normalized spacial score (nSPS) is 52.8. The molecule has 0 aliphatic carbocycles. The van der Waals surface area contributed by atoms with Gasteiger partial charge in [0.15, 0.2) is 25.2 Å². The van der Waals surface area contributed by atoms with Crippen molar-refractivity contribution in [2.75, 3.05) is 6.61 Å². The van der Waals surface area contributed by atoms with Crippen molar-refractivity contribution >= 4 is 5.91 Å². The quantitative estimate of drug-likeness (QED) is 0.115. The highest BCUT2D eigenvalue weighted by molar-refractivity contribution is 5.73. The first kappa shape index (κ1) is 36.6. The highest BCUT2D eigenvalue weighted by Gasteiger charge is 2.55. The van der Waals surface area contributed by atoms with Crippen LogP contribution in [0.5, 0.6) is 0 Å². The van der Waals surface area contributed by atoms with Crippen molar-refractivity contribution in [3.63, 3.8) is 0 Å².